The number of carboxylic acids is 1. The van der Waals surface area contributed by atoms with E-state index in [2.05, 4.69) is 20.9 Å². The van der Waals surface area contributed by atoms with Gasteiger partial charge in [-0.1, -0.05) is 41.0 Å². The first-order valence-corrected chi connectivity index (χ1v) is 12.8. The molecule has 3 rings (SSSR count). The second kappa shape index (κ2) is 12.7. The normalized spacial score (nSPS) is 20.6. The summed E-state index contributed by atoms with van der Waals surface area (Å²) in [6.07, 6.45) is -0.111. The third-order valence-corrected chi connectivity index (χ3v) is 7.80. The molecule has 0 aliphatic carbocycles. The summed E-state index contributed by atoms with van der Waals surface area (Å²) in [5, 5.41) is 19.4. The van der Waals surface area contributed by atoms with E-state index in [9.17, 15) is 14.4 Å². The Balaban J connectivity index is 1.33. The van der Waals surface area contributed by atoms with Crippen molar-refractivity contribution in [1.82, 2.24) is 20.9 Å². The Morgan fingerprint density at radius 2 is 2.09 bits per heavy atom. The Morgan fingerprint density at radius 1 is 1.27 bits per heavy atom. The van der Waals surface area contributed by atoms with Gasteiger partial charge in [0.05, 0.1) is 28.5 Å². The van der Waals surface area contributed by atoms with E-state index in [-0.39, 0.29) is 28.2 Å². The molecular weight excluding hydrogens is 511 g/mol. The minimum Gasteiger partial charge on any atom is -0.480 e. The van der Waals surface area contributed by atoms with E-state index in [0.717, 1.165) is 18.7 Å². The van der Waals surface area contributed by atoms with Crippen LogP contribution < -0.4 is 16.0 Å². The Bertz CT molecular complexity index is 920. The SMILES string of the molecule is O=C(O)CNC(=O)C1=CSC(SCC(=O)NC[C@H]2CN(Cc3ccc(Cl)c(Cl)c3)CCO2)N1. The second-order valence-electron chi connectivity index (χ2n) is 7.31. The lowest BCUT2D eigenvalue weighted by atomic mass is 10.2. The van der Waals surface area contributed by atoms with Gasteiger partial charge in [-0.3, -0.25) is 19.3 Å². The van der Waals surface area contributed by atoms with Crippen molar-refractivity contribution in [3.63, 3.8) is 0 Å². The lowest BCUT2D eigenvalue weighted by Gasteiger charge is -2.33. The van der Waals surface area contributed by atoms with Crippen molar-refractivity contribution in [1.29, 1.82) is 0 Å². The van der Waals surface area contributed by atoms with Crippen molar-refractivity contribution in [2.24, 2.45) is 0 Å². The predicted octanol–water partition coefficient (Wildman–Crippen LogP) is 1.71. The van der Waals surface area contributed by atoms with Gasteiger partial charge < -0.3 is 25.8 Å². The van der Waals surface area contributed by atoms with Crippen LogP contribution in [0.15, 0.2) is 29.3 Å². The second-order valence-corrected chi connectivity index (χ2v) is 10.5. The van der Waals surface area contributed by atoms with Gasteiger partial charge in [-0.05, 0) is 17.7 Å². The molecule has 1 unspecified atom stereocenters. The van der Waals surface area contributed by atoms with E-state index in [1.165, 1.54) is 23.5 Å². The fourth-order valence-electron chi connectivity index (χ4n) is 3.15. The first kappa shape index (κ1) is 26.0. The number of halogens is 2. The summed E-state index contributed by atoms with van der Waals surface area (Å²) >= 11 is 14.8. The molecule has 0 aromatic heterocycles. The molecule has 9 nitrogen and oxygen atoms in total. The molecule has 2 atom stereocenters. The maximum absolute atomic E-state index is 12.3. The van der Waals surface area contributed by atoms with Gasteiger partial charge in [0.2, 0.25) is 5.91 Å². The number of aliphatic carboxylic acids is 1. The molecule has 0 saturated carbocycles. The molecule has 1 aromatic rings. The molecule has 1 fully saturated rings. The van der Waals surface area contributed by atoms with Crippen LogP contribution in [0.1, 0.15) is 5.56 Å². The van der Waals surface area contributed by atoms with Crippen molar-refractivity contribution in [3.05, 3.63) is 44.9 Å². The first-order valence-electron chi connectivity index (χ1n) is 10.1. The number of amides is 2. The summed E-state index contributed by atoms with van der Waals surface area (Å²) in [7, 11) is 0. The van der Waals surface area contributed by atoms with Gasteiger partial charge in [0.25, 0.3) is 5.91 Å². The number of carboxylic acid groups (broad SMARTS) is 1. The van der Waals surface area contributed by atoms with Crippen LogP contribution in [0.3, 0.4) is 0 Å². The van der Waals surface area contributed by atoms with Crippen molar-refractivity contribution in [3.8, 4) is 0 Å². The lowest BCUT2D eigenvalue weighted by molar-refractivity contribution is -0.137. The fourth-order valence-corrected chi connectivity index (χ4v) is 5.40. The highest BCUT2D eigenvalue weighted by molar-refractivity contribution is 8.18. The molecule has 180 valence electrons. The Morgan fingerprint density at radius 3 is 2.85 bits per heavy atom. The van der Waals surface area contributed by atoms with Gasteiger partial charge in [0, 0.05) is 31.6 Å². The van der Waals surface area contributed by atoms with Crippen LogP contribution in [0.25, 0.3) is 0 Å². The van der Waals surface area contributed by atoms with Gasteiger partial charge in [-0.2, -0.15) is 0 Å². The number of carbonyl (C=O) groups excluding carboxylic acids is 2. The Labute approximate surface area is 209 Å². The summed E-state index contributed by atoms with van der Waals surface area (Å²) in [5.41, 5.74) is 1.36. The maximum atomic E-state index is 12.3. The monoisotopic (exact) mass is 534 g/mol. The van der Waals surface area contributed by atoms with Crippen molar-refractivity contribution in [2.75, 3.05) is 38.5 Å². The molecule has 0 spiro atoms. The minimum absolute atomic E-state index is 0.111. The molecule has 2 heterocycles. The van der Waals surface area contributed by atoms with Gasteiger partial charge in [-0.15, -0.1) is 11.8 Å². The van der Waals surface area contributed by atoms with Crippen LogP contribution in [0, 0.1) is 0 Å². The zero-order valence-electron chi connectivity index (χ0n) is 17.5. The summed E-state index contributed by atoms with van der Waals surface area (Å²) in [4.78, 5) is 36.9. The van der Waals surface area contributed by atoms with Crippen LogP contribution in [0.5, 0.6) is 0 Å². The van der Waals surface area contributed by atoms with Crippen molar-refractivity contribution >= 4 is 64.5 Å². The number of rotatable bonds is 10. The average molecular weight is 535 g/mol. The molecule has 1 saturated heterocycles. The van der Waals surface area contributed by atoms with Crippen molar-refractivity contribution in [2.45, 2.75) is 17.4 Å². The van der Waals surface area contributed by atoms with Crippen molar-refractivity contribution < 1.29 is 24.2 Å². The maximum Gasteiger partial charge on any atom is 0.322 e. The van der Waals surface area contributed by atoms with E-state index >= 15 is 0 Å². The summed E-state index contributed by atoms with van der Waals surface area (Å²) in [6, 6.07) is 5.59. The van der Waals surface area contributed by atoms with Crippen LogP contribution in [-0.4, -0.2) is 77.1 Å². The number of nitrogens with one attached hydrogen (secondary N) is 3. The number of hydrogen-bond donors (Lipinski definition) is 4. The quantitative estimate of drug-likeness (QED) is 0.355. The number of morpholine rings is 1. The molecule has 0 bridgehead atoms. The van der Waals surface area contributed by atoms with Gasteiger partial charge >= 0.3 is 5.97 Å². The number of ether oxygens (including phenoxy) is 1. The highest BCUT2D eigenvalue weighted by atomic mass is 35.5. The average Bonchev–Trinajstić information content (AvgIpc) is 3.26. The largest absolute Gasteiger partial charge is 0.480 e. The van der Waals surface area contributed by atoms with E-state index in [1.807, 2.05) is 12.1 Å². The van der Waals surface area contributed by atoms with E-state index in [4.69, 9.17) is 33.0 Å². The number of hydrogen-bond acceptors (Lipinski definition) is 8. The zero-order chi connectivity index (χ0) is 23.8. The topological polar surface area (TPSA) is 120 Å². The number of nitrogens with zero attached hydrogens (tertiary/aromatic N) is 1. The van der Waals surface area contributed by atoms with Crippen LogP contribution in [0.4, 0.5) is 0 Å². The molecule has 33 heavy (non-hydrogen) atoms. The molecule has 13 heteroatoms. The number of benzene rings is 1. The smallest absolute Gasteiger partial charge is 0.322 e. The summed E-state index contributed by atoms with van der Waals surface area (Å²) in [6.45, 7) is 2.74. The lowest BCUT2D eigenvalue weighted by Crippen LogP contribution is -2.47. The third kappa shape index (κ3) is 8.58. The Hall–Kier alpha value is -1.63. The number of carbonyl (C=O) groups is 3. The fraction of sp³-hybridized carbons (Fsp3) is 0.450. The third-order valence-electron chi connectivity index (χ3n) is 4.73. The molecule has 0 radical (unpaired) electrons. The Kier molecular flexibility index (Phi) is 10.0. The molecule has 2 aliphatic heterocycles. The minimum atomic E-state index is -1.11. The van der Waals surface area contributed by atoms with E-state index < -0.39 is 18.4 Å². The summed E-state index contributed by atoms with van der Waals surface area (Å²) in [5.74, 6) is -1.52. The zero-order valence-corrected chi connectivity index (χ0v) is 20.7. The highest BCUT2D eigenvalue weighted by Gasteiger charge is 2.24. The van der Waals surface area contributed by atoms with E-state index in [0.29, 0.717) is 29.7 Å². The van der Waals surface area contributed by atoms with E-state index in [1.54, 1.807) is 11.5 Å². The predicted molar refractivity (Wildman–Crippen MR) is 130 cm³/mol. The summed E-state index contributed by atoms with van der Waals surface area (Å²) < 4.78 is 5.58. The molecule has 4 N–H and O–H groups in total. The van der Waals surface area contributed by atoms with Gasteiger partial charge in [-0.25, -0.2) is 0 Å². The molecule has 2 amide bonds. The molecule has 1 aromatic carbocycles. The highest BCUT2D eigenvalue weighted by Crippen LogP contribution is 2.29. The number of thioether (sulfide) groups is 2. The molecule has 2 aliphatic rings. The molecular formula is C20H24Cl2N4O5S2. The van der Waals surface area contributed by atoms with Gasteiger partial charge in [0.15, 0.2) is 0 Å². The first-order chi connectivity index (χ1) is 15.8. The van der Waals surface area contributed by atoms with Crippen LogP contribution in [-0.2, 0) is 25.7 Å². The van der Waals surface area contributed by atoms with Crippen LogP contribution >= 0.6 is 46.7 Å². The standard InChI is InChI=1S/C20H24Cl2N4O5S2/c21-14-2-1-12(5-15(14)22)8-26-3-4-31-13(9-26)6-23-17(27)11-33-20-25-16(10-32-20)19(30)24-7-18(28)29/h1-2,5,10,13,20,25H,3-4,6-9,11H2,(H,23,27)(H,24,30)(H,28,29)/t13-,20?/m0/s1. The van der Waals surface area contributed by atoms with Crippen LogP contribution in [0.2, 0.25) is 10.0 Å². The van der Waals surface area contributed by atoms with Gasteiger partial charge in [0.1, 0.15) is 16.9 Å².